The number of nitrogens with one attached hydrogen (secondary N) is 1. The maximum absolute atomic E-state index is 5.69. The summed E-state index contributed by atoms with van der Waals surface area (Å²) in [5.41, 5.74) is 2.31. The van der Waals surface area contributed by atoms with Gasteiger partial charge in [0, 0.05) is 22.1 Å². The molecule has 0 saturated carbocycles. The first-order chi connectivity index (χ1) is 10.2. The summed E-state index contributed by atoms with van der Waals surface area (Å²) in [6, 6.07) is 12.4. The molecular weight excluding hydrogens is 398 g/mol. The summed E-state index contributed by atoms with van der Waals surface area (Å²) in [4.78, 5) is 0. The summed E-state index contributed by atoms with van der Waals surface area (Å²) in [5, 5.41) is 3.54. The van der Waals surface area contributed by atoms with E-state index in [2.05, 4.69) is 49.3 Å². The number of fused-ring (bicyclic) bond motifs is 1. The quantitative estimate of drug-likeness (QED) is 0.804. The fourth-order valence-corrected chi connectivity index (χ4v) is 4.01. The average molecular weight is 413 g/mol. The van der Waals surface area contributed by atoms with Gasteiger partial charge in [0.25, 0.3) is 0 Å². The summed E-state index contributed by atoms with van der Waals surface area (Å²) in [5.74, 6) is 1.83. The molecule has 21 heavy (non-hydrogen) atoms. The molecule has 1 unspecified atom stereocenters. The van der Waals surface area contributed by atoms with Crippen molar-refractivity contribution in [2.75, 3.05) is 13.7 Å². The molecule has 0 aromatic heterocycles. The summed E-state index contributed by atoms with van der Waals surface area (Å²) >= 11 is 7.05. The zero-order valence-electron chi connectivity index (χ0n) is 11.5. The molecule has 1 aliphatic heterocycles. The molecule has 110 valence electrons. The third-order valence-corrected chi connectivity index (χ3v) is 4.58. The number of methoxy groups -OCH3 is 1. The SMILES string of the molecule is COc1c(Br)cc(Br)cc1CNC1COc2ccccc21. The molecular formula is C16H15Br2NO2. The number of benzene rings is 2. The first kappa shape index (κ1) is 14.9. The van der Waals surface area contributed by atoms with Gasteiger partial charge in [-0.3, -0.25) is 0 Å². The van der Waals surface area contributed by atoms with E-state index in [4.69, 9.17) is 9.47 Å². The van der Waals surface area contributed by atoms with Crippen LogP contribution in [0.3, 0.4) is 0 Å². The van der Waals surface area contributed by atoms with Gasteiger partial charge in [0.15, 0.2) is 0 Å². The van der Waals surface area contributed by atoms with Gasteiger partial charge in [-0.25, -0.2) is 0 Å². The van der Waals surface area contributed by atoms with Crippen LogP contribution in [0.5, 0.6) is 11.5 Å². The van der Waals surface area contributed by atoms with Crippen molar-refractivity contribution in [1.29, 1.82) is 0 Å². The van der Waals surface area contributed by atoms with Gasteiger partial charge in [0.05, 0.1) is 17.6 Å². The number of ether oxygens (including phenoxy) is 2. The standard InChI is InChI=1S/C16H15Br2NO2/c1-20-16-10(6-11(17)7-13(16)18)8-19-14-9-21-15-5-3-2-4-12(14)15/h2-7,14,19H,8-9H2,1H3. The van der Waals surface area contributed by atoms with Crippen molar-refractivity contribution < 1.29 is 9.47 Å². The Morgan fingerprint density at radius 3 is 2.90 bits per heavy atom. The molecule has 5 heteroatoms. The van der Waals surface area contributed by atoms with Gasteiger partial charge in [-0.1, -0.05) is 34.1 Å². The van der Waals surface area contributed by atoms with Crippen LogP contribution in [0, 0.1) is 0 Å². The Labute approximate surface area is 140 Å². The number of hydrogen-bond donors (Lipinski definition) is 1. The Hall–Kier alpha value is -1.04. The zero-order valence-corrected chi connectivity index (χ0v) is 14.7. The van der Waals surface area contributed by atoms with Crippen LogP contribution < -0.4 is 14.8 Å². The first-order valence-electron chi connectivity index (χ1n) is 6.66. The Morgan fingerprint density at radius 1 is 1.29 bits per heavy atom. The number of rotatable bonds is 4. The lowest BCUT2D eigenvalue weighted by molar-refractivity contribution is 0.309. The largest absolute Gasteiger partial charge is 0.495 e. The third kappa shape index (κ3) is 3.10. The summed E-state index contributed by atoms with van der Waals surface area (Å²) in [6.45, 7) is 1.38. The van der Waals surface area contributed by atoms with E-state index < -0.39 is 0 Å². The highest BCUT2D eigenvalue weighted by Crippen LogP contribution is 2.35. The second-order valence-corrected chi connectivity index (χ2v) is 6.63. The predicted octanol–water partition coefficient (Wildman–Crippen LogP) is 4.44. The smallest absolute Gasteiger partial charge is 0.137 e. The van der Waals surface area contributed by atoms with E-state index in [0.29, 0.717) is 13.2 Å². The summed E-state index contributed by atoms with van der Waals surface area (Å²) < 4.78 is 13.1. The molecule has 2 aromatic carbocycles. The van der Waals surface area contributed by atoms with Crippen LogP contribution in [0.1, 0.15) is 17.2 Å². The highest BCUT2D eigenvalue weighted by molar-refractivity contribution is 9.11. The van der Waals surface area contributed by atoms with Gasteiger partial charge in [0.2, 0.25) is 0 Å². The van der Waals surface area contributed by atoms with Gasteiger partial charge in [-0.15, -0.1) is 0 Å². The maximum Gasteiger partial charge on any atom is 0.137 e. The molecule has 0 saturated heterocycles. The molecule has 1 aliphatic rings. The van der Waals surface area contributed by atoms with Gasteiger partial charge in [-0.05, 0) is 34.1 Å². The van der Waals surface area contributed by atoms with E-state index in [1.807, 2.05) is 24.3 Å². The van der Waals surface area contributed by atoms with Crippen molar-refractivity contribution >= 4 is 31.9 Å². The summed E-state index contributed by atoms with van der Waals surface area (Å²) in [6.07, 6.45) is 0. The first-order valence-corrected chi connectivity index (χ1v) is 8.24. The van der Waals surface area contributed by atoms with Crippen LogP contribution in [0.4, 0.5) is 0 Å². The summed E-state index contributed by atoms with van der Waals surface area (Å²) in [7, 11) is 1.69. The number of hydrogen-bond acceptors (Lipinski definition) is 3. The molecule has 0 amide bonds. The highest BCUT2D eigenvalue weighted by Gasteiger charge is 2.23. The van der Waals surface area contributed by atoms with Crippen molar-refractivity contribution in [3.05, 3.63) is 56.5 Å². The van der Waals surface area contributed by atoms with E-state index in [1.54, 1.807) is 7.11 Å². The monoisotopic (exact) mass is 411 g/mol. The van der Waals surface area contributed by atoms with Crippen LogP contribution in [-0.2, 0) is 6.54 Å². The molecule has 1 N–H and O–H groups in total. The van der Waals surface area contributed by atoms with Crippen LogP contribution in [0.2, 0.25) is 0 Å². The molecule has 2 aromatic rings. The normalized spacial score (nSPS) is 16.4. The fourth-order valence-electron chi connectivity index (χ4n) is 2.54. The molecule has 3 nitrogen and oxygen atoms in total. The van der Waals surface area contributed by atoms with Gasteiger partial charge in [0.1, 0.15) is 18.1 Å². The lowest BCUT2D eigenvalue weighted by Gasteiger charge is -2.15. The molecule has 0 spiro atoms. The van der Waals surface area contributed by atoms with Gasteiger partial charge < -0.3 is 14.8 Å². The van der Waals surface area contributed by atoms with Gasteiger partial charge >= 0.3 is 0 Å². The minimum atomic E-state index is 0.212. The third-order valence-electron chi connectivity index (χ3n) is 3.53. The maximum atomic E-state index is 5.69. The molecule has 0 aliphatic carbocycles. The highest BCUT2D eigenvalue weighted by atomic mass is 79.9. The Bertz CT molecular complexity index is 661. The van der Waals surface area contributed by atoms with Crippen LogP contribution in [-0.4, -0.2) is 13.7 Å². The molecule has 0 bridgehead atoms. The Morgan fingerprint density at radius 2 is 2.10 bits per heavy atom. The van der Waals surface area contributed by atoms with Crippen LogP contribution in [0.25, 0.3) is 0 Å². The average Bonchev–Trinajstić information content (AvgIpc) is 2.88. The Kier molecular flexibility index (Phi) is 4.52. The minimum absolute atomic E-state index is 0.212. The van der Waals surface area contributed by atoms with E-state index in [1.165, 1.54) is 5.56 Å². The van der Waals surface area contributed by atoms with Crippen LogP contribution >= 0.6 is 31.9 Å². The fraction of sp³-hybridized carbons (Fsp3) is 0.250. The van der Waals surface area contributed by atoms with Crippen molar-refractivity contribution in [2.24, 2.45) is 0 Å². The van der Waals surface area contributed by atoms with E-state index >= 15 is 0 Å². The molecule has 3 rings (SSSR count). The molecule has 1 heterocycles. The lowest BCUT2D eigenvalue weighted by atomic mass is 10.1. The van der Waals surface area contributed by atoms with Crippen molar-refractivity contribution in [3.8, 4) is 11.5 Å². The molecule has 0 fully saturated rings. The lowest BCUT2D eigenvalue weighted by Crippen LogP contribution is -2.22. The second-order valence-electron chi connectivity index (χ2n) is 4.86. The molecule has 1 atom stereocenters. The van der Waals surface area contributed by atoms with Gasteiger partial charge in [-0.2, -0.15) is 0 Å². The van der Waals surface area contributed by atoms with Crippen LogP contribution in [0.15, 0.2) is 45.3 Å². The van der Waals surface area contributed by atoms with E-state index in [0.717, 1.165) is 26.0 Å². The van der Waals surface area contributed by atoms with Crippen molar-refractivity contribution in [3.63, 3.8) is 0 Å². The number of para-hydroxylation sites is 1. The molecule has 0 radical (unpaired) electrons. The Balaban J connectivity index is 1.77. The minimum Gasteiger partial charge on any atom is -0.495 e. The second kappa shape index (κ2) is 6.38. The topological polar surface area (TPSA) is 30.5 Å². The number of halogens is 2. The predicted molar refractivity (Wildman–Crippen MR) is 89.9 cm³/mol. The van der Waals surface area contributed by atoms with Crippen molar-refractivity contribution in [1.82, 2.24) is 5.32 Å². The van der Waals surface area contributed by atoms with Crippen molar-refractivity contribution in [2.45, 2.75) is 12.6 Å². The zero-order chi connectivity index (χ0) is 14.8. The van der Waals surface area contributed by atoms with E-state index in [-0.39, 0.29) is 6.04 Å². The van der Waals surface area contributed by atoms with E-state index in [9.17, 15) is 0 Å².